The third-order valence-electron chi connectivity index (χ3n) is 3.33. The number of carbonyl (C=O) groups excluding carboxylic acids is 1. The highest BCUT2D eigenvalue weighted by Crippen LogP contribution is 2.25. The number of nitrogens with zero attached hydrogens (tertiary/aromatic N) is 3. The third-order valence-corrected chi connectivity index (χ3v) is 4.39. The fraction of sp³-hybridized carbons (Fsp3) is 0.118. The largest absolute Gasteiger partial charge is 0.323 e. The highest BCUT2D eigenvalue weighted by Gasteiger charge is 2.19. The monoisotopic (exact) mass is 342 g/mol. The Hall–Kier alpha value is -2.67. The zero-order valence-electron chi connectivity index (χ0n) is 12.9. The SMILES string of the molecule is C[C@H](Sc1nncn1-c1ccccc1)C(=O)Nc1ccccc1F. The smallest absolute Gasteiger partial charge is 0.237 e. The Morgan fingerprint density at radius 3 is 2.62 bits per heavy atom. The van der Waals surface area contributed by atoms with Crippen LogP contribution in [0.3, 0.4) is 0 Å². The molecule has 1 amide bonds. The summed E-state index contributed by atoms with van der Waals surface area (Å²) in [6.07, 6.45) is 1.60. The summed E-state index contributed by atoms with van der Waals surface area (Å²) in [5, 5.41) is 10.7. The standard InChI is InChI=1S/C17H15FN4OS/c1-12(16(23)20-15-10-6-5-9-14(15)18)24-17-21-19-11-22(17)13-7-3-2-4-8-13/h2-12H,1H3,(H,20,23)/t12-/m0/s1. The maximum Gasteiger partial charge on any atom is 0.237 e. The van der Waals surface area contributed by atoms with E-state index in [2.05, 4.69) is 15.5 Å². The Kier molecular flexibility index (Phi) is 4.90. The zero-order valence-corrected chi connectivity index (χ0v) is 13.7. The fourth-order valence-corrected chi connectivity index (χ4v) is 2.92. The molecule has 0 aliphatic carbocycles. The van der Waals surface area contributed by atoms with Crippen LogP contribution in [0, 0.1) is 5.82 Å². The van der Waals surface area contributed by atoms with Gasteiger partial charge >= 0.3 is 0 Å². The van der Waals surface area contributed by atoms with Crippen molar-refractivity contribution in [3.8, 4) is 5.69 Å². The van der Waals surface area contributed by atoms with Crippen LogP contribution in [0.1, 0.15) is 6.92 Å². The van der Waals surface area contributed by atoms with E-state index >= 15 is 0 Å². The molecule has 0 aliphatic rings. The summed E-state index contributed by atoms with van der Waals surface area (Å²) in [7, 11) is 0. The van der Waals surface area contributed by atoms with Crippen LogP contribution in [0.4, 0.5) is 10.1 Å². The van der Waals surface area contributed by atoms with Crippen LogP contribution >= 0.6 is 11.8 Å². The number of rotatable bonds is 5. The maximum atomic E-state index is 13.6. The van der Waals surface area contributed by atoms with E-state index in [1.807, 2.05) is 30.3 Å². The van der Waals surface area contributed by atoms with Crippen LogP contribution in [-0.4, -0.2) is 25.9 Å². The first-order chi connectivity index (χ1) is 11.6. The summed E-state index contributed by atoms with van der Waals surface area (Å²) in [5.74, 6) is -0.761. The summed E-state index contributed by atoms with van der Waals surface area (Å²) in [6, 6.07) is 15.7. The average Bonchev–Trinajstić information content (AvgIpc) is 3.05. The number of amides is 1. The molecule has 2 aromatic carbocycles. The van der Waals surface area contributed by atoms with Crippen LogP contribution in [-0.2, 0) is 4.79 Å². The van der Waals surface area contributed by atoms with E-state index < -0.39 is 11.1 Å². The van der Waals surface area contributed by atoms with Crippen LogP contribution in [0.5, 0.6) is 0 Å². The average molecular weight is 342 g/mol. The first-order valence-electron chi connectivity index (χ1n) is 7.32. The molecule has 7 heteroatoms. The van der Waals surface area contributed by atoms with Crippen LogP contribution in [0.25, 0.3) is 5.69 Å². The van der Waals surface area contributed by atoms with E-state index in [4.69, 9.17) is 0 Å². The van der Waals surface area contributed by atoms with Crippen LogP contribution in [0.2, 0.25) is 0 Å². The minimum Gasteiger partial charge on any atom is -0.323 e. The van der Waals surface area contributed by atoms with Crippen molar-refractivity contribution in [2.24, 2.45) is 0 Å². The van der Waals surface area contributed by atoms with E-state index in [-0.39, 0.29) is 11.6 Å². The Bertz CT molecular complexity index is 837. The Balaban J connectivity index is 1.72. The molecule has 1 heterocycles. The molecule has 0 aliphatic heterocycles. The molecule has 3 rings (SSSR count). The lowest BCUT2D eigenvalue weighted by molar-refractivity contribution is -0.115. The topological polar surface area (TPSA) is 59.8 Å². The predicted molar refractivity (Wildman–Crippen MR) is 91.7 cm³/mol. The van der Waals surface area contributed by atoms with Gasteiger partial charge in [0.2, 0.25) is 5.91 Å². The fourth-order valence-electron chi connectivity index (χ4n) is 2.08. The second-order valence-electron chi connectivity index (χ2n) is 5.05. The van der Waals surface area contributed by atoms with Gasteiger partial charge in [-0.05, 0) is 31.2 Å². The molecule has 1 aromatic heterocycles. The minimum absolute atomic E-state index is 0.166. The van der Waals surface area contributed by atoms with Gasteiger partial charge in [-0.25, -0.2) is 4.39 Å². The Morgan fingerprint density at radius 2 is 1.88 bits per heavy atom. The summed E-state index contributed by atoms with van der Waals surface area (Å²) < 4.78 is 15.4. The molecule has 0 radical (unpaired) electrons. The Morgan fingerprint density at radius 1 is 1.17 bits per heavy atom. The number of para-hydroxylation sites is 2. The second-order valence-corrected chi connectivity index (χ2v) is 6.36. The first-order valence-corrected chi connectivity index (χ1v) is 8.20. The number of hydrogen-bond donors (Lipinski definition) is 1. The molecule has 0 saturated heterocycles. The van der Waals surface area contributed by atoms with Gasteiger partial charge in [-0.2, -0.15) is 0 Å². The van der Waals surface area contributed by atoms with Gasteiger partial charge in [-0.3, -0.25) is 9.36 Å². The molecule has 24 heavy (non-hydrogen) atoms. The second kappa shape index (κ2) is 7.27. The van der Waals surface area contributed by atoms with Crippen molar-refractivity contribution in [1.29, 1.82) is 0 Å². The van der Waals surface area contributed by atoms with Gasteiger partial charge in [-0.1, -0.05) is 42.1 Å². The van der Waals surface area contributed by atoms with Crippen LogP contribution < -0.4 is 5.32 Å². The highest BCUT2D eigenvalue weighted by molar-refractivity contribution is 8.00. The number of anilines is 1. The zero-order chi connectivity index (χ0) is 16.9. The summed E-state index contributed by atoms with van der Waals surface area (Å²) >= 11 is 1.26. The van der Waals surface area contributed by atoms with Crippen molar-refractivity contribution < 1.29 is 9.18 Å². The van der Waals surface area contributed by atoms with Gasteiger partial charge in [-0.15, -0.1) is 10.2 Å². The Labute approximate surface area is 142 Å². The predicted octanol–water partition coefficient (Wildman–Crippen LogP) is 3.53. The van der Waals surface area contributed by atoms with Gasteiger partial charge in [0, 0.05) is 5.69 Å². The van der Waals surface area contributed by atoms with Crippen molar-refractivity contribution in [2.75, 3.05) is 5.32 Å². The number of nitrogens with one attached hydrogen (secondary N) is 1. The van der Waals surface area contributed by atoms with Gasteiger partial charge < -0.3 is 5.32 Å². The van der Waals surface area contributed by atoms with Crippen molar-refractivity contribution in [3.63, 3.8) is 0 Å². The van der Waals surface area contributed by atoms with Gasteiger partial charge in [0.05, 0.1) is 10.9 Å². The molecule has 1 atom stereocenters. The van der Waals surface area contributed by atoms with E-state index in [0.29, 0.717) is 5.16 Å². The van der Waals surface area contributed by atoms with E-state index in [1.165, 1.54) is 23.9 Å². The lowest BCUT2D eigenvalue weighted by atomic mass is 10.3. The molecule has 0 bridgehead atoms. The van der Waals surface area contributed by atoms with E-state index in [0.717, 1.165) is 5.69 Å². The minimum atomic E-state index is -0.462. The first kappa shape index (κ1) is 16.2. The third kappa shape index (κ3) is 3.62. The molecular formula is C17H15FN4OS. The molecule has 122 valence electrons. The molecule has 0 saturated carbocycles. The van der Waals surface area contributed by atoms with Crippen LogP contribution in [0.15, 0.2) is 66.1 Å². The number of aromatic nitrogens is 3. The summed E-state index contributed by atoms with van der Waals surface area (Å²) in [5.41, 5.74) is 1.08. The molecule has 0 spiro atoms. The molecular weight excluding hydrogens is 327 g/mol. The number of thioether (sulfide) groups is 1. The molecule has 5 nitrogen and oxygen atoms in total. The molecule has 1 N–H and O–H groups in total. The van der Waals surface area contributed by atoms with Crippen molar-refractivity contribution in [3.05, 3.63) is 66.7 Å². The van der Waals surface area contributed by atoms with Gasteiger partial charge in [0.25, 0.3) is 0 Å². The maximum absolute atomic E-state index is 13.6. The normalized spacial score (nSPS) is 11.9. The van der Waals surface area contributed by atoms with E-state index in [1.54, 1.807) is 30.0 Å². The number of hydrogen-bond acceptors (Lipinski definition) is 4. The van der Waals surface area contributed by atoms with Crippen molar-refractivity contribution >= 4 is 23.4 Å². The summed E-state index contributed by atoms with van der Waals surface area (Å²) in [4.78, 5) is 12.3. The quantitative estimate of drug-likeness (QED) is 0.721. The number of benzene rings is 2. The highest BCUT2D eigenvalue weighted by atomic mass is 32.2. The molecule has 0 fully saturated rings. The van der Waals surface area contributed by atoms with Crippen molar-refractivity contribution in [2.45, 2.75) is 17.3 Å². The number of carbonyl (C=O) groups is 1. The van der Waals surface area contributed by atoms with Gasteiger partial charge in [0.1, 0.15) is 12.1 Å². The number of halogens is 1. The van der Waals surface area contributed by atoms with E-state index in [9.17, 15) is 9.18 Å². The lowest BCUT2D eigenvalue weighted by Crippen LogP contribution is -2.23. The lowest BCUT2D eigenvalue weighted by Gasteiger charge is -2.12. The van der Waals surface area contributed by atoms with Gasteiger partial charge in [0.15, 0.2) is 5.16 Å². The van der Waals surface area contributed by atoms with Crippen molar-refractivity contribution in [1.82, 2.24) is 14.8 Å². The molecule has 3 aromatic rings. The summed E-state index contributed by atoms with van der Waals surface area (Å²) in [6.45, 7) is 1.74. The molecule has 0 unspecified atom stereocenters.